The molecule has 1 aromatic carbocycles. The molecular weight excluding hydrogens is 236 g/mol. The molecule has 1 aliphatic heterocycles. The first-order chi connectivity index (χ1) is 9.20. The Morgan fingerprint density at radius 3 is 2.63 bits per heavy atom. The molecule has 0 saturated carbocycles. The SMILES string of the molecule is CCC1OCCC1CNCc1ccc(N(C)C)cc1. The second-order valence-electron chi connectivity index (χ2n) is 5.56. The van der Waals surface area contributed by atoms with Crippen molar-refractivity contribution in [2.75, 3.05) is 32.1 Å². The lowest BCUT2D eigenvalue weighted by Gasteiger charge is -2.17. The zero-order chi connectivity index (χ0) is 13.7. The van der Waals surface area contributed by atoms with Gasteiger partial charge in [0, 0.05) is 39.5 Å². The zero-order valence-corrected chi connectivity index (χ0v) is 12.4. The number of anilines is 1. The van der Waals surface area contributed by atoms with Crippen LogP contribution in [0, 0.1) is 5.92 Å². The summed E-state index contributed by atoms with van der Waals surface area (Å²) in [6.07, 6.45) is 2.79. The maximum Gasteiger partial charge on any atom is 0.0613 e. The summed E-state index contributed by atoms with van der Waals surface area (Å²) in [5.41, 5.74) is 2.59. The third kappa shape index (κ3) is 3.95. The minimum atomic E-state index is 0.462. The van der Waals surface area contributed by atoms with E-state index in [0.717, 1.165) is 26.1 Å². The molecule has 106 valence electrons. The van der Waals surface area contributed by atoms with E-state index in [4.69, 9.17) is 4.74 Å². The van der Waals surface area contributed by atoms with Crippen molar-refractivity contribution in [2.45, 2.75) is 32.4 Å². The number of rotatable bonds is 6. The predicted octanol–water partition coefficient (Wildman–Crippen LogP) is 2.66. The third-order valence-electron chi connectivity index (χ3n) is 3.94. The van der Waals surface area contributed by atoms with E-state index >= 15 is 0 Å². The van der Waals surface area contributed by atoms with Gasteiger partial charge in [-0.05, 0) is 36.5 Å². The van der Waals surface area contributed by atoms with Crippen molar-refractivity contribution in [1.82, 2.24) is 5.32 Å². The zero-order valence-electron chi connectivity index (χ0n) is 12.4. The number of hydrogen-bond donors (Lipinski definition) is 1. The first kappa shape index (κ1) is 14.4. The van der Waals surface area contributed by atoms with Crippen LogP contribution in [0.15, 0.2) is 24.3 Å². The van der Waals surface area contributed by atoms with Crippen LogP contribution < -0.4 is 10.2 Å². The van der Waals surface area contributed by atoms with Crippen LogP contribution in [0.5, 0.6) is 0 Å². The fraction of sp³-hybridized carbons (Fsp3) is 0.625. The molecule has 0 aliphatic carbocycles. The average molecular weight is 262 g/mol. The maximum absolute atomic E-state index is 5.71. The Labute approximate surface area is 116 Å². The highest BCUT2D eigenvalue weighted by atomic mass is 16.5. The van der Waals surface area contributed by atoms with Gasteiger partial charge in [-0.2, -0.15) is 0 Å². The molecular formula is C16H26N2O. The molecule has 0 spiro atoms. The van der Waals surface area contributed by atoms with Crippen LogP contribution in [0.2, 0.25) is 0 Å². The Balaban J connectivity index is 1.76. The van der Waals surface area contributed by atoms with Crippen molar-refractivity contribution in [3.63, 3.8) is 0 Å². The van der Waals surface area contributed by atoms with Crippen LogP contribution in [0.1, 0.15) is 25.3 Å². The molecule has 0 radical (unpaired) electrons. The Kier molecular flexibility index (Phi) is 5.23. The van der Waals surface area contributed by atoms with Crippen molar-refractivity contribution in [3.05, 3.63) is 29.8 Å². The molecule has 0 aromatic heterocycles. The molecule has 2 unspecified atom stereocenters. The molecule has 1 saturated heterocycles. The molecule has 1 aliphatic rings. The molecule has 2 rings (SSSR count). The van der Waals surface area contributed by atoms with Crippen LogP contribution in [0.4, 0.5) is 5.69 Å². The van der Waals surface area contributed by atoms with Gasteiger partial charge in [0.15, 0.2) is 0 Å². The van der Waals surface area contributed by atoms with E-state index in [1.807, 2.05) is 0 Å². The lowest BCUT2D eigenvalue weighted by atomic mass is 9.99. The molecule has 3 heteroatoms. The van der Waals surface area contributed by atoms with E-state index in [-0.39, 0.29) is 0 Å². The Bertz CT molecular complexity index is 375. The summed E-state index contributed by atoms with van der Waals surface area (Å²) in [6.45, 7) is 5.15. The van der Waals surface area contributed by atoms with E-state index < -0.39 is 0 Å². The second-order valence-corrected chi connectivity index (χ2v) is 5.56. The summed E-state index contributed by atoms with van der Waals surface area (Å²) in [5, 5.41) is 3.56. The molecule has 0 amide bonds. The summed E-state index contributed by atoms with van der Waals surface area (Å²) >= 11 is 0. The van der Waals surface area contributed by atoms with Gasteiger partial charge in [-0.25, -0.2) is 0 Å². The van der Waals surface area contributed by atoms with Crippen molar-refractivity contribution in [3.8, 4) is 0 Å². The quantitative estimate of drug-likeness (QED) is 0.853. The smallest absolute Gasteiger partial charge is 0.0613 e. The molecule has 3 nitrogen and oxygen atoms in total. The number of ether oxygens (including phenoxy) is 1. The largest absolute Gasteiger partial charge is 0.378 e. The van der Waals surface area contributed by atoms with Gasteiger partial charge in [-0.1, -0.05) is 19.1 Å². The van der Waals surface area contributed by atoms with Crippen molar-refractivity contribution in [1.29, 1.82) is 0 Å². The van der Waals surface area contributed by atoms with Gasteiger partial charge in [0.1, 0.15) is 0 Å². The number of nitrogens with zero attached hydrogens (tertiary/aromatic N) is 1. The molecule has 1 N–H and O–H groups in total. The maximum atomic E-state index is 5.71. The Morgan fingerprint density at radius 2 is 2.00 bits per heavy atom. The standard InChI is InChI=1S/C16H26N2O/c1-4-16-14(9-10-19-16)12-17-11-13-5-7-15(8-6-13)18(2)3/h5-8,14,16-17H,4,9-12H2,1-3H3. The van der Waals surface area contributed by atoms with Crippen LogP contribution in [0.3, 0.4) is 0 Å². The summed E-state index contributed by atoms with van der Waals surface area (Å²) in [7, 11) is 4.14. The fourth-order valence-electron chi connectivity index (χ4n) is 2.69. The molecule has 1 fully saturated rings. The Morgan fingerprint density at radius 1 is 1.26 bits per heavy atom. The van der Waals surface area contributed by atoms with Gasteiger partial charge >= 0.3 is 0 Å². The van der Waals surface area contributed by atoms with Crippen molar-refractivity contribution < 1.29 is 4.74 Å². The van der Waals surface area contributed by atoms with Crippen LogP contribution in [-0.4, -0.2) is 33.4 Å². The molecule has 19 heavy (non-hydrogen) atoms. The first-order valence-corrected chi connectivity index (χ1v) is 7.29. The van der Waals surface area contributed by atoms with Crippen LogP contribution in [0.25, 0.3) is 0 Å². The highest BCUT2D eigenvalue weighted by Gasteiger charge is 2.25. The minimum Gasteiger partial charge on any atom is -0.378 e. The van der Waals surface area contributed by atoms with Crippen molar-refractivity contribution >= 4 is 5.69 Å². The molecule has 2 atom stereocenters. The van der Waals surface area contributed by atoms with E-state index in [1.54, 1.807) is 0 Å². The highest BCUT2D eigenvalue weighted by molar-refractivity contribution is 5.45. The molecule has 0 bridgehead atoms. The van der Waals surface area contributed by atoms with E-state index in [9.17, 15) is 0 Å². The van der Waals surface area contributed by atoms with Gasteiger partial charge in [0.05, 0.1) is 6.10 Å². The number of benzene rings is 1. The summed E-state index contributed by atoms with van der Waals surface area (Å²) in [6, 6.07) is 8.74. The van der Waals surface area contributed by atoms with Crippen LogP contribution >= 0.6 is 0 Å². The van der Waals surface area contributed by atoms with Crippen LogP contribution in [-0.2, 0) is 11.3 Å². The third-order valence-corrected chi connectivity index (χ3v) is 3.94. The second kappa shape index (κ2) is 6.92. The van der Waals surface area contributed by atoms with Gasteiger partial charge in [0.2, 0.25) is 0 Å². The van der Waals surface area contributed by atoms with Gasteiger partial charge in [0.25, 0.3) is 0 Å². The summed E-state index contributed by atoms with van der Waals surface area (Å²) in [5.74, 6) is 0.686. The topological polar surface area (TPSA) is 24.5 Å². The monoisotopic (exact) mass is 262 g/mol. The summed E-state index contributed by atoms with van der Waals surface area (Å²) in [4.78, 5) is 2.12. The lowest BCUT2D eigenvalue weighted by Crippen LogP contribution is -2.27. The van der Waals surface area contributed by atoms with Gasteiger partial charge < -0.3 is 15.0 Å². The lowest BCUT2D eigenvalue weighted by molar-refractivity contribution is 0.0872. The normalized spacial score (nSPS) is 22.7. The first-order valence-electron chi connectivity index (χ1n) is 7.29. The highest BCUT2D eigenvalue weighted by Crippen LogP contribution is 2.22. The van der Waals surface area contributed by atoms with E-state index in [0.29, 0.717) is 12.0 Å². The summed E-state index contributed by atoms with van der Waals surface area (Å²) < 4.78 is 5.71. The fourth-order valence-corrected chi connectivity index (χ4v) is 2.69. The molecule has 1 heterocycles. The average Bonchev–Trinajstić information content (AvgIpc) is 2.87. The Hall–Kier alpha value is -1.06. The predicted molar refractivity (Wildman–Crippen MR) is 80.6 cm³/mol. The van der Waals surface area contributed by atoms with E-state index in [1.165, 1.54) is 17.7 Å². The number of hydrogen-bond acceptors (Lipinski definition) is 3. The van der Waals surface area contributed by atoms with Gasteiger partial charge in [-0.3, -0.25) is 0 Å². The van der Waals surface area contributed by atoms with Crippen molar-refractivity contribution in [2.24, 2.45) is 5.92 Å². The molecule has 1 aromatic rings. The van der Waals surface area contributed by atoms with Gasteiger partial charge in [-0.15, -0.1) is 0 Å². The number of nitrogens with one attached hydrogen (secondary N) is 1. The van der Waals surface area contributed by atoms with E-state index in [2.05, 4.69) is 55.5 Å². The minimum absolute atomic E-state index is 0.462.